The Hall–Kier alpha value is -2.32. The number of para-hydroxylation sites is 1. The first-order chi connectivity index (χ1) is 9.61. The van der Waals surface area contributed by atoms with Crippen molar-refractivity contribution >= 4 is 32.9 Å². The topological polar surface area (TPSA) is 67.6 Å². The molecule has 0 spiro atoms. The SMILES string of the molecule is Cc1cccc2nc(N)n(-c3cc(Br)ccc3C#N)c12. The van der Waals surface area contributed by atoms with Crippen molar-refractivity contribution in [2.45, 2.75) is 6.92 Å². The highest BCUT2D eigenvalue weighted by atomic mass is 79.9. The molecule has 0 saturated heterocycles. The molecule has 0 aliphatic carbocycles. The van der Waals surface area contributed by atoms with Gasteiger partial charge in [0.2, 0.25) is 5.95 Å². The van der Waals surface area contributed by atoms with Gasteiger partial charge in [0.1, 0.15) is 6.07 Å². The zero-order valence-corrected chi connectivity index (χ0v) is 12.3. The first-order valence-electron chi connectivity index (χ1n) is 6.05. The summed E-state index contributed by atoms with van der Waals surface area (Å²) in [7, 11) is 0. The van der Waals surface area contributed by atoms with Crippen molar-refractivity contribution < 1.29 is 0 Å². The Bertz CT molecular complexity index is 858. The molecule has 0 aliphatic heterocycles. The van der Waals surface area contributed by atoms with E-state index in [1.54, 1.807) is 6.07 Å². The lowest BCUT2D eigenvalue weighted by Gasteiger charge is -2.10. The zero-order chi connectivity index (χ0) is 14.3. The number of nitrogens with two attached hydrogens (primary N) is 1. The molecule has 2 aromatic carbocycles. The van der Waals surface area contributed by atoms with E-state index >= 15 is 0 Å². The lowest BCUT2D eigenvalue weighted by atomic mass is 10.1. The highest BCUT2D eigenvalue weighted by Crippen LogP contribution is 2.29. The largest absolute Gasteiger partial charge is 0.369 e. The molecule has 3 aromatic rings. The molecule has 98 valence electrons. The van der Waals surface area contributed by atoms with Gasteiger partial charge in [0.25, 0.3) is 0 Å². The number of rotatable bonds is 1. The average molecular weight is 327 g/mol. The van der Waals surface area contributed by atoms with Gasteiger partial charge in [-0.25, -0.2) is 4.98 Å². The van der Waals surface area contributed by atoms with Gasteiger partial charge in [-0.05, 0) is 36.8 Å². The molecule has 0 unspecified atom stereocenters. The maximum Gasteiger partial charge on any atom is 0.205 e. The molecule has 0 aliphatic rings. The summed E-state index contributed by atoms with van der Waals surface area (Å²) in [6.07, 6.45) is 0. The average Bonchev–Trinajstić information content (AvgIpc) is 2.76. The van der Waals surface area contributed by atoms with Crippen molar-refractivity contribution in [1.82, 2.24) is 9.55 Å². The number of nitriles is 1. The van der Waals surface area contributed by atoms with Crippen molar-refractivity contribution in [1.29, 1.82) is 5.26 Å². The summed E-state index contributed by atoms with van der Waals surface area (Å²) >= 11 is 3.43. The summed E-state index contributed by atoms with van der Waals surface area (Å²) < 4.78 is 2.72. The quantitative estimate of drug-likeness (QED) is 0.743. The van der Waals surface area contributed by atoms with Crippen LogP contribution < -0.4 is 5.73 Å². The summed E-state index contributed by atoms with van der Waals surface area (Å²) in [5.74, 6) is 0.379. The third-order valence-electron chi connectivity index (χ3n) is 3.23. The number of nitrogen functional groups attached to an aromatic ring is 1. The second-order valence-corrected chi connectivity index (χ2v) is 5.44. The summed E-state index contributed by atoms with van der Waals surface area (Å²) in [5, 5.41) is 9.30. The molecule has 3 rings (SSSR count). The van der Waals surface area contributed by atoms with Gasteiger partial charge in [-0.3, -0.25) is 4.57 Å². The van der Waals surface area contributed by atoms with Crippen LogP contribution >= 0.6 is 15.9 Å². The molecule has 0 bridgehead atoms. The van der Waals surface area contributed by atoms with Crippen LogP contribution in [0.4, 0.5) is 5.95 Å². The van der Waals surface area contributed by atoms with Gasteiger partial charge in [-0.1, -0.05) is 28.1 Å². The number of anilines is 1. The van der Waals surface area contributed by atoms with Crippen LogP contribution in [-0.4, -0.2) is 9.55 Å². The van der Waals surface area contributed by atoms with Gasteiger partial charge in [0.05, 0.1) is 22.3 Å². The van der Waals surface area contributed by atoms with E-state index in [9.17, 15) is 5.26 Å². The Labute approximate surface area is 124 Å². The van der Waals surface area contributed by atoms with E-state index in [-0.39, 0.29) is 0 Å². The predicted molar refractivity (Wildman–Crippen MR) is 82.6 cm³/mol. The van der Waals surface area contributed by atoms with Gasteiger partial charge >= 0.3 is 0 Å². The van der Waals surface area contributed by atoms with E-state index in [1.165, 1.54) is 0 Å². The molecule has 1 aromatic heterocycles. The van der Waals surface area contributed by atoms with Crippen molar-refractivity contribution in [2.75, 3.05) is 5.73 Å². The number of aromatic nitrogens is 2. The number of fused-ring (bicyclic) bond motifs is 1. The first-order valence-corrected chi connectivity index (χ1v) is 6.84. The smallest absolute Gasteiger partial charge is 0.205 e. The summed E-state index contributed by atoms with van der Waals surface area (Å²) in [4.78, 5) is 4.37. The molecule has 0 saturated carbocycles. The number of imidazole rings is 1. The highest BCUT2D eigenvalue weighted by Gasteiger charge is 2.15. The molecule has 0 radical (unpaired) electrons. The third kappa shape index (κ3) is 1.86. The fourth-order valence-electron chi connectivity index (χ4n) is 2.34. The lowest BCUT2D eigenvalue weighted by molar-refractivity contribution is 1.09. The minimum atomic E-state index is 0.379. The fraction of sp³-hybridized carbons (Fsp3) is 0.0667. The van der Waals surface area contributed by atoms with E-state index in [2.05, 4.69) is 27.0 Å². The Morgan fingerprint density at radius 2 is 2.10 bits per heavy atom. The number of aryl methyl sites for hydroxylation is 1. The Balaban J connectivity index is 2.44. The zero-order valence-electron chi connectivity index (χ0n) is 10.8. The van der Waals surface area contributed by atoms with Gasteiger partial charge in [0, 0.05) is 4.47 Å². The number of hydrogen-bond acceptors (Lipinski definition) is 3. The monoisotopic (exact) mass is 326 g/mol. The molecule has 0 atom stereocenters. The lowest BCUT2D eigenvalue weighted by Crippen LogP contribution is -2.03. The summed E-state index contributed by atoms with van der Waals surface area (Å²) in [6.45, 7) is 2.00. The third-order valence-corrected chi connectivity index (χ3v) is 3.72. The van der Waals surface area contributed by atoms with E-state index in [0.717, 1.165) is 26.8 Å². The van der Waals surface area contributed by atoms with Crippen LogP contribution in [0, 0.1) is 18.3 Å². The van der Waals surface area contributed by atoms with E-state index in [0.29, 0.717) is 11.5 Å². The maximum absolute atomic E-state index is 9.30. The van der Waals surface area contributed by atoms with Crippen LogP contribution in [0.5, 0.6) is 0 Å². The summed E-state index contributed by atoms with van der Waals surface area (Å²) in [5.41, 5.74) is 10.2. The first kappa shape index (κ1) is 12.7. The highest BCUT2D eigenvalue weighted by molar-refractivity contribution is 9.10. The van der Waals surface area contributed by atoms with Crippen LogP contribution in [0.25, 0.3) is 16.7 Å². The molecule has 4 nitrogen and oxygen atoms in total. The van der Waals surface area contributed by atoms with Crippen molar-refractivity contribution in [3.63, 3.8) is 0 Å². The van der Waals surface area contributed by atoms with Gasteiger partial charge in [0.15, 0.2) is 0 Å². The van der Waals surface area contributed by atoms with Gasteiger partial charge < -0.3 is 5.73 Å². The molecule has 5 heteroatoms. The molecule has 1 heterocycles. The Morgan fingerprint density at radius 3 is 2.85 bits per heavy atom. The normalized spacial score (nSPS) is 10.7. The van der Waals surface area contributed by atoms with Crippen molar-refractivity contribution in [2.24, 2.45) is 0 Å². The Morgan fingerprint density at radius 1 is 1.30 bits per heavy atom. The van der Waals surface area contributed by atoms with Crippen LogP contribution in [-0.2, 0) is 0 Å². The van der Waals surface area contributed by atoms with Gasteiger partial charge in [-0.2, -0.15) is 5.26 Å². The van der Waals surface area contributed by atoms with Crippen LogP contribution in [0.15, 0.2) is 40.9 Å². The Kier molecular flexibility index (Phi) is 2.96. The van der Waals surface area contributed by atoms with Crippen molar-refractivity contribution in [3.8, 4) is 11.8 Å². The molecular formula is C15H11BrN4. The van der Waals surface area contributed by atoms with E-state index in [4.69, 9.17) is 5.73 Å². The van der Waals surface area contributed by atoms with Crippen molar-refractivity contribution in [3.05, 3.63) is 52.0 Å². The predicted octanol–water partition coefficient (Wildman–Crippen LogP) is 3.55. The van der Waals surface area contributed by atoms with E-state index < -0.39 is 0 Å². The van der Waals surface area contributed by atoms with Crippen LogP contribution in [0.2, 0.25) is 0 Å². The van der Waals surface area contributed by atoms with Gasteiger partial charge in [-0.15, -0.1) is 0 Å². The molecule has 0 amide bonds. The second-order valence-electron chi connectivity index (χ2n) is 4.52. The standard InChI is InChI=1S/C15H11BrN4/c1-9-3-2-4-12-14(9)20(15(18)19-12)13-7-11(16)6-5-10(13)8-17/h2-7H,1H3,(H2,18,19). The molecule has 20 heavy (non-hydrogen) atoms. The minimum Gasteiger partial charge on any atom is -0.369 e. The van der Waals surface area contributed by atoms with E-state index in [1.807, 2.05) is 41.8 Å². The molecule has 0 fully saturated rings. The fourth-order valence-corrected chi connectivity index (χ4v) is 2.69. The number of hydrogen-bond donors (Lipinski definition) is 1. The minimum absolute atomic E-state index is 0.379. The summed E-state index contributed by atoms with van der Waals surface area (Å²) in [6, 6.07) is 13.5. The number of halogens is 1. The van der Waals surface area contributed by atoms with Crippen LogP contribution in [0.3, 0.4) is 0 Å². The number of benzene rings is 2. The number of nitrogens with zero attached hydrogens (tertiary/aromatic N) is 3. The maximum atomic E-state index is 9.30. The second kappa shape index (κ2) is 4.66. The van der Waals surface area contributed by atoms with Crippen LogP contribution in [0.1, 0.15) is 11.1 Å². The molecule has 2 N–H and O–H groups in total. The molecular weight excluding hydrogens is 316 g/mol.